The molecule has 0 atom stereocenters. The van der Waals surface area contributed by atoms with Gasteiger partial charge in [-0.15, -0.1) is 0 Å². The van der Waals surface area contributed by atoms with E-state index in [1.54, 1.807) is 7.11 Å². The summed E-state index contributed by atoms with van der Waals surface area (Å²) in [6, 6.07) is 3.89. The minimum absolute atomic E-state index is 0.0829. The van der Waals surface area contributed by atoms with Gasteiger partial charge in [0.1, 0.15) is 5.75 Å². The molecule has 1 aromatic rings. The van der Waals surface area contributed by atoms with Crippen LogP contribution in [-0.2, 0) is 11.2 Å². The fourth-order valence-electron chi connectivity index (χ4n) is 1.76. The summed E-state index contributed by atoms with van der Waals surface area (Å²) in [5, 5.41) is 2.89. The van der Waals surface area contributed by atoms with Crippen LogP contribution in [0.1, 0.15) is 30.0 Å². The van der Waals surface area contributed by atoms with E-state index in [0.717, 1.165) is 35.4 Å². The fourth-order valence-corrected chi connectivity index (χ4v) is 1.76. The molecule has 0 aliphatic rings. The molecule has 0 aromatic heterocycles. The van der Waals surface area contributed by atoms with Crippen LogP contribution in [0.3, 0.4) is 0 Å². The van der Waals surface area contributed by atoms with Crippen LogP contribution in [0.15, 0.2) is 12.1 Å². The second kappa shape index (κ2) is 6.28. The van der Waals surface area contributed by atoms with Crippen molar-refractivity contribution in [3.8, 4) is 5.75 Å². The van der Waals surface area contributed by atoms with Gasteiger partial charge in [-0.25, -0.2) is 0 Å². The Morgan fingerprint density at radius 3 is 2.59 bits per heavy atom. The van der Waals surface area contributed by atoms with Crippen LogP contribution >= 0.6 is 0 Å². The van der Waals surface area contributed by atoms with Crippen LogP contribution < -0.4 is 10.1 Å². The molecule has 0 bridgehead atoms. The Labute approximate surface area is 103 Å². The van der Waals surface area contributed by atoms with Gasteiger partial charge in [0.25, 0.3) is 0 Å². The van der Waals surface area contributed by atoms with Crippen molar-refractivity contribution in [2.24, 2.45) is 0 Å². The zero-order valence-electron chi connectivity index (χ0n) is 11.1. The topological polar surface area (TPSA) is 38.3 Å². The molecule has 1 aromatic carbocycles. The zero-order chi connectivity index (χ0) is 12.8. The lowest BCUT2D eigenvalue weighted by Crippen LogP contribution is -2.26. The van der Waals surface area contributed by atoms with Gasteiger partial charge in [0.2, 0.25) is 5.91 Å². The Balaban J connectivity index is 2.79. The van der Waals surface area contributed by atoms with Crippen LogP contribution in [-0.4, -0.2) is 19.6 Å². The largest absolute Gasteiger partial charge is 0.496 e. The van der Waals surface area contributed by atoms with E-state index >= 15 is 0 Å². The Kier molecular flexibility index (Phi) is 5.01. The van der Waals surface area contributed by atoms with Gasteiger partial charge in [-0.3, -0.25) is 4.79 Å². The lowest BCUT2D eigenvalue weighted by molar-refractivity contribution is -0.120. The first-order valence-corrected chi connectivity index (χ1v) is 5.99. The maximum absolute atomic E-state index is 11.6. The molecule has 17 heavy (non-hydrogen) atoms. The van der Waals surface area contributed by atoms with Gasteiger partial charge < -0.3 is 10.1 Å². The summed E-state index contributed by atoms with van der Waals surface area (Å²) in [6.07, 6.45) is 1.41. The molecule has 0 spiro atoms. The van der Waals surface area contributed by atoms with Crippen molar-refractivity contribution in [2.45, 2.75) is 33.6 Å². The summed E-state index contributed by atoms with van der Waals surface area (Å²) in [5.74, 6) is 0.958. The highest BCUT2D eigenvalue weighted by atomic mass is 16.5. The third kappa shape index (κ3) is 3.48. The van der Waals surface area contributed by atoms with Gasteiger partial charge in [0, 0.05) is 6.54 Å². The summed E-state index contributed by atoms with van der Waals surface area (Å²) in [4.78, 5) is 11.6. The van der Waals surface area contributed by atoms with Crippen LogP contribution in [0.2, 0.25) is 0 Å². The van der Waals surface area contributed by atoms with Crippen molar-refractivity contribution < 1.29 is 9.53 Å². The molecule has 1 N–H and O–H groups in total. The molecular formula is C14H21NO2. The number of methoxy groups -OCH3 is 1. The molecule has 0 unspecified atom stereocenters. The molecule has 0 saturated heterocycles. The lowest BCUT2D eigenvalue weighted by atomic mass is 10.00. The van der Waals surface area contributed by atoms with Gasteiger partial charge in [-0.05, 0) is 43.0 Å². The van der Waals surface area contributed by atoms with E-state index < -0.39 is 0 Å². The number of carbonyl (C=O) groups is 1. The monoisotopic (exact) mass is 235 g/mol. The lowest BCUT2D eigenvalue weighted by Gasteiger charge is -2.12. The van der Waals surface area contributed by atoms with E-state index in [-0.39, 0.29) is 5.91 Å². The van der Waals surface area contributed by atoms with Crippen molar-refractivity contribution >= 4 is 5.91 Å². The van der Waals surface area contributed by atoms with Crippen LogP contribution in [0.25, 0.3) is 0 Å². The van der Waals surface area contributed by atoms with Gasteiger partial charge in [-0.2, -0.15) is 0 Å². The molecule has 3 nitrogen and oxygen atoms in total. The molecule has 1 amide bonds. The fraction of sp³-hybridized carbons (Fsp3) is 0.500. The molecule has 0 aliphatic carbocycles. The molecule has 0 saturated carbocycles. The highest BCUT2D eigenvalue weighted by molar-refractivity contribution is 5.79. The van der Waals surface area contributed by atoms with Gasteiger partial charge in [-0.1, -0.05) is 13.0 Å². The number of amides is 1. The van der Waals surface area contributed by atoms with Crippen molar-refractivity contribution in [3.05, 3.63) is 28.8 Å². The van der Waals surface area contributed by atoms with Crippen molar-refractivity contribution in [3.63, 3.8) is 0 Å². The summed E-state index contributed by atoms with van der Waals surface area (Å²) >= 11 is 0. The van der Waals surface area contributed by atoms with E-state index in [9.17, 15) is 4.79 Å². The minimum Gasteiger partial charge on any atom is -0.496 e. The van der Waals surface area contributed by atoms with Crippen molar-refractivity contribution in [2.75, 3.05) is 13.7 Å². The second-order valence-corrected chi connectivity index (χ2v) is 4.20. The maximum Gasteiger partial charge on any atom is 0.224 e. The number of benzene rings is 1. The SMILES string of the molecule is CCCNC(=O)Cc1ccc(OC)c(C)c1C. The molecular weight excluding hydrogens is 214 g/mol. The minimum atomic E-state index is 0.0829. The Hall–Kier alpha value is -1.51. The van der Waals surface area contributed by atoms with Crippen molar-refractivity contribution in [1.82, 2.24) is 5.32 Å². The number of ether oxygens (including phenoxy) is 1. The molecule has 0 aliphatic heterocycles. The first kappa shape index (κ1) is 13.6. The van der Waals surface area contributed by atoms with Gasteiger partial charge in [0.05, 0.1) is 13.5 Å². The van der Waals surface area contributed by atoms with Crippen LogP contribution in [0.4, 0.5) is 0 Å². The van der Waals surface area contributed by atoms with E-state index in [4.69, 9.17) is 4.74 Å². The highest BCUT2D eigenvalue weighted by Gasteiger charge is 2.09. The van der Waals surface area contributed by atoms with Gasteiger partial charge >= 0.3 is 0 Å². The average molecular weight is 235 g/mol. The number of rotatable bonds is 5. The number of hydrogen-bond donors (Lipinski definition) is 1. The predicted molar refractivity (Wildman–Crippen MR) is 69.5 cm³/mol. The Morgan fingerprint density at radius 1 is 1.29 bits per heavy atom. The third-order valence-corrected chi connectivity index (χ3v) is 2.99. The zero-order valence-corrected chi connectivity index (χ0v) is 11.1. The van der Waals surface area contributed by atoms with E-state index in [1.807, 2.05) is 32.9 Å². The standard InChI is InChI=1S/C14H21NO2/c1-5-8-15-14(16)9-12-6-7-13(17-4)11(3)10(12)2/h6-7H,5,8-9H2,1-4H3,(H,15,16). The van der Waals surface area contributed by atoms with Crippen molar-refractivity contribution in [1.29, 1.82) is 0 Å². The summed E-state index contributed by atoms with van der Waals surface area (Å²) in [7, 11) is 1.66. The number of carbonyl (C=O) groups excluding carboxylic acids is 1. The summed E-state index contributed by atoms with van der Waals surface area (Å²) in [5.41, 5.74) is 3.31. The van der Waals surface area contributed by atoms with E-state index in [1.165, 1.54) is 0 Å². The quantitative estimate of drug-likeness (QED) is 0.851. The number of nitrogens with one attached hydrogen (secondary N) is 1. The van der Waals surface area contributed by atoms with Crippen LogP contribution in [0.5, 0.6) is 5.75 Å². The Morgan fingerprint density at radius 2 is 2.00 bits per heavy atom. The average Bonchev–Trinajstić information content (AvgIpc) is 2.33. The first-order valence-electron chi connectivity index (χ1n) is 5.99. The second-order valence-electron chi connectivity index (χ2n) is 4.20. The summed E-state index contributed by atoms with van der Waals surface area (Å²) < 4.78 is 5.25. The smallest absolute Gasteiger partial charge is 0.224 e. The summed E-state index contributed by atoms with van der Waals surface area (Å²) in [6.45, 7) is 6.83. The molecule has 1 rings (SSSR count). The molecule has 0 radical (unpaired) electrons. The highest BCUT2D eigenvalue weighted by Crippen LogP contribution is 2.24. The van der Waals surface area contributed by atoms with Crippen LogP contribution in [0, 0.1) is 13.8 Å². The van der Waals surface area contributed by atoms with E-state index in [0.29, 0.717) is 6.42 Å². The van der Waals surface area contributed by atoms with E-state index in [2.05, 4.69) is 5.32 Å². The third-order valence-electron chi connectivity index (χ3n) is 2.99. The Bertz CT molecular complexity index is 399. The predicted octanol–water partition coefficient (Wildman–Crippen LogP) is 2.38. The molecule has 94 valence electrons. The number of hydrogen-bond acceptors (Lipinski definition) is 2. The molecule has 0 heterocycles. The molecule has 0 fully saturated rings. The van der Waals surface area contributed by atoms with Gasteiger partial charge in [0.15, 0.2) is 0 Å². The molecule has 3 heteroatoms. The maximum atomic E-state index is 11.6. The first-order chi connectivity index (χ1) is 8.10. The normalized spacial score (nSPS) is 10.1.